The average Bonchev–Trinajstić information content (AvgIpc) is 2.76. The maximum atomic E-state index is 13.6. The molecule has 1 aromatic rings. The number of ketones is 1. The van der Waals surface area contributed by atoms with E-state index in [-0.39, 0.29) is 35.4 Å². The third kappa shape index (κ3) is 4.09. The quantitative estimate of drug-likeness (QED) is 0.510. The van der Waals surface area contributed by atoms with Crippen LogP contribution in [0.5, 0.6) is 11.5 Å². The fourth-order valence-electron chi connectivity index (χ4n) is 4.43. The Morgan fingerprint density at radius 1 is 1.25 bits per heavy atom. The Bertz CT molecular complexity index is 1010. The number of hydrogen-bond donors (Lipinski definition) is 2. The van der Waals surface area contributed by atoms with E-state index in [2.05, 4.69) is 5.32 Å². The van der Waals surface area contributed by atoms with Gasteiger partial charge in [0.1, 0.15) is 5.92 Å². The van der Waals surface area contributed by atoms with Crippen molar-refractivity contribution in [2.24, 2.45) is 11.8 Å². The zero-order valence-electron chi connectivity index (χ0n) is 19.0. The van der Waals surface area contributed by atoms with E-state index < -0.39 is 23.8 Å². The number of esters is 2. The minimum Gasteiger partial charge on any atom is -0.504 e. The average molecular weight is 443 g/mol. The molecule has 2 aliphatic rings. The molecule has 0 amide bonds. The lowest BCUT2D eigenvalue weighted by molar-refractivity contribution is -0.151. The molecular formula is C24H29NO7. The monoisotopic (exact) mass is 443 g/mol. The van der Waals surface area contributed by atoms with Crippen LogP contribution in [0.25, 0.3) is 0 Å². The number of carbonyl (C=O) groups is 3. The molecule has 0 spiro atoms. The predicted molar refractivity (Wildman–Crippen MR) is 116 cm³/mol. The number of phenols is 1. The Labute approximate surface area is 187 Å². The number of phenolic OH excluding ortho intramolecular Hbond substituents is 1. The summed E-state index contributed by atoms with van der Waals surface area (Å²) in [7, 11) is 2.68. The van der Waals surface area contributed by atoms with Crippen molar-refractivity contribution in [3.8, 4) is 11.5 Å². The van der Waals surface area contributed by atoms with Crippen LogP contribution in [0.4, 0.5) is 0 Å². The van der Waals surface area contributed by atoms with Gasteiger partial charge in [0, 0.05) is 22.9 Å². The van der Waals surface area contributed by atoms with E-state index in [0.29, 0.717) is 35.4 Å². The molecule has 0 bridgehead atoms. The number of nitrogens with one attached hydrogen (secondary N) is 1. The fourth-order valence-corrected chi connectivity index (χ4v) is 4.43. The zero-order valence-corrected chi connectivity index (χ0v) is 19.0. The standard InChI is InChI=1S/C24H29NO7/c1-6-9-32-24(29)19-13(3)25-15-10-12(2)18(23(28)31-5)22(27)21(15)20(19)14-7-8-16(26)17(11-14)30-4/h7-8,11-12,18,20,25-26H,6,9-10H2,1-5H3/t12-,18-,20+/m1/s1. The smallest absolute Gasteiger partial charge is 0.336 e. The molecule has 3 rings (SSSR count). The van der Waals surface area contributed by atoms with Gasteiger partial charge in [-0.25, -0.2) is 4.79 Å². The lowest BCUT2D eigenvalue weighted by atomic mass is 9.69. The lowest BCUT2D eigenvalue weighted by Crippen LogP contribution is -2.43. The first-order valence-corrected chi connectivity index (χ1v) is 10.6. The van der Waals surface area contributed by atoms with Gasteiger partial charge in [-0.1, -0.05) is 19.9 Å². The SMILES string of the molecule is CCCOC(=O)C1=C(C)NC2=C(C(=O)[C@H](C(=O)OC)[C@H](C)C2)[C@H]1c1ccc(O)c(OC)c1. The lowest BCUT2D eigenvalue weighted by Gasteiger charge is -2.38. The normalized spacial score (nSPS) is 22.8. The van der Waals surface area contributed by atoms with Gasteiger partial charge >= 0.3 is 11.9 Å². The van der Waals surface area contributed by atoms with Gasteiger partial charge in [0.2, 0.25) is 0 Å². The van der Waals surface area contributed by atoms with Crippen molar-refractivity contribution in [3.05, 3.63) is 46.3 Å². The predicted octanol–water partition coefficient (Wildman–Crippen LogP) is 2.97. The van der Waals surface area contributed by atoms with Crippen LogP contribution in [-0.2, 0) is 23.9 Å². The van der Waals surface area contributed by atoms with E-state index >= 15 is 0 Å². The van der Waals surface area contributed by atoms with Crippen molar-refractivity contribution >= 4 is 17.7 Å². The summed E-state index contributed by atoms with van der Waals surface area (Å²) in [6, 6.07) is 4.68. The second kappa shape index (κ2) is 9.46. The van der Waals surface area contributed by atoms with E-state index in [0.717, 1.165) is 0 Å². The fraction of sp³-hybridized carbons (Fsp3) is 0.458. The van der Waals surface area contributed by atoms with Gasteiger partial charge in [0.25, 0.3) is 0 Å². The number of hydrogen-bond acceptors (Lipinski definition) is 8. The highest BCUT2D eigenvalue weighted by Gasteiger charge is 2.47. The third-order valence-corrected chi connectivity index (χ3v) is 5.94. The topological polar surface area (TPSA) is 111 Å². The highest BCUT2D eigenvalue weighted by Crippen LogP contribution is 2.46. The summed E-state index contributed by atoms with van der Waals surface area (Å²) in [4.78, 5) is 39.1. The zero-order chi connectivity index (χ0) is 23.6. The van der Waals surface area contributed by atoms with Crippen molar-refractivity contribution in [2.75, 3.05) is 20.8 Å². The number of dihydropyridines is 1. The molecule has 2 N–H and O–H groups in total. The Kier molecular flexibility index (Phi) is 6.91. The van der Waals surface area contributed by atoms with Crippen LogP contribution in [-0.4, -0.2) is 43.7 Å². The molecule has 0 unspecified atom stereocenters. The van der Waals surface area contributed by atoms with Gasteiger partial charge in [-0.3, -0.25) is 9.59 Å². The number of benzene rings is 1. The largest absolute Gasteiger partial charge is 0.504 e. The first kappa shape index (κ1) is 23.4. The number of methoxy groups -OCH3 is 2. The number of aromatic hydroxyl groups is 1. The molecule has 0 saturated carbocycles. The molecule has 1 aliphatic heterocycles. The van der Waals surface area contributed by atoms with Gasteiger partial charge in [0.05, 0.1) is 26.4 Å². The summed E-state index contributed by atoms with van der Waals surface area (Å²) in [5.41, 5.74) is 2.45. The van der Waals surface area contributed by atoms with Crippen molar-refractivity contribution in [1.29, 1.82) is 0 Å². The molecule has 0 fully saturated rings. The van der Waals surface area contributed by atoms with E-state index in [1.54, 1.807) is 19.1 Å². The minimum atomic E-state index is -0.964. The summed E-state index contributed by atoms with van der Waals surface area (Å²) in [6.45, 7) is 5.72. The molecule has 0 saturated heterocycles. The second-order valence-corrected chi connectivity index (χ2v) is 8.10. The third-order valence-electron chi connectivity index (χ3n) is 5.94. The maximum absolute atomic E-state index is 13.6. The molecule has 0 aromatic heterocycles. The van der Waals surface area contributed by atoms with Gasteiger partial charge in [-0.05, 0) is 43.4 Å². The van der Waals surface area contributed by atoms with E-state index in [9.17, 15) is 19.5 Å². The highest BCUT2D eigenvalue weighted by atomic mass is 16.5. The number of ether oxygens (including phenoxy) is 3. The molecule has 1 aromatic carbocycles. The molecule has 1 aliphatic carbocycles. The van der Waals surface area contributed by atoms with Crippen molar-refractivity contribution in [2.45, 2.75) is 39.5 Å². The molecule has 172 valence electrons. The number of rotatable bonds is 6. The molecule has 3 atom stereocenters. The van der Waals surface area contributed by atoms with E-state index in [1.165, 1.54) is 20.3 Å². The van der Waals surface area contributed by atoms with Crippen LogP contribution in [0.3, 0.4) is 0 Å². The Morgan fingerprint density at radius 3 is 2.59 bits per heavy atom. The second-order valence-electron chi connectivity index (χ2n) is 8.10. The Balaban J connectivity index is 2.20. The van der Waals surface area contributed by atoms with Crippen LogP contribution in [0.15, 0.2) is 40.7 Å². The summed E-state index contributed by atoms with van der Waals surface area (Å²) < 4.78 is 15.6. The van der Waals surface area contributed by atoms with Crippen LogP contribution in [0.2, 0.25) is 0 Å². The first-order valence-electron chi connectivity index (χ1n) is 10.6. The molecular weight excluding hydrogens is 414 g/mol. The summed E-state index contributed by atoms with van der Waals surface area (Å²) >= 11 is 0. The summed E-state index contributed by atoms with van der Waals surface area (Å²) in [5, 5.41) is 13.3. The molecule has 1 heterocycles. The Morgan fingerprint density at radius 2 is 1.97 bits per heavy atom. The van der Waals surface area contributed by atoms with Gasteiger partial charge in [-0.2, -0.15) is 0 Å². The maximum Gasteiger partial charge on any atom is 0.336 e. The van der Waals surface area contributed by atoms with Gasteiger partial charge < -0.3 is 24.6 Å². The minimum absolute atomic E-state index is 0.0637. The van der Waals surface area contributed by atoms with Crippen molar-refractivity contribution in [3.63, 3.8) is 0 Å². The van der Waals surface area contributed by atoms with Crippen LogP contribution >= 0.6 is 0 Å². The highest BCUT2D eigenvalue weighted by molar-refractivity contribution is 6.12. The molecule has 8 nitrogen and oxygen atoms in total. The van der Waals surface area contributed by atoms with E-state index in [1.807, 2.05) is 13.8 Å². The number of carbonyl (C=O) groups excluding carboxylic acids is 3. The summed E-state index contributed by atoms with van der Waals surface area (Å²) in [6.07, 6.45) is 1.10. The molecule has 8 heteroatoms. The summed E-state index contributed by atoms with van der Waals surface area (Å²) in [5.74, 6) is -3.39. The van der Waals surface area contributed by atoms with Crippen LogP contribution < -0.4 is 10.1 Å². The van der Waals surface area contributed by atoms with Crippen molar-refractivity contribution in [1.82, 2.24) is 5.32 Å². The number of allylic oxidation sites excluding steroid dienone is 3. The molecule has 32 heavy (non-hydrogen) atoms. The van der Waals surface area contributed by atoms with Gasteiger partial charge in [-0.15, -0.1) is 0 Å². The van der Waals surface area contributed by atoms with Crippen LogP contribution in [0.1, 0.15) is 45.1 Å². The van der Waals surface area contributed by atoms with Crippen molar-refractivity contribution < 1.29 is 33.7 Å². The van der Waals surface area contributed by atoms with Gasteiger partial charge in [0.15, 0.2) is 17.3 Å². The first-order chi connectivity index (χ1) is 15.2. The molecule has 0 radical (unpaired) electrons. The number of Topliss-reactive ketones (excluding diaryl/α,β-unsaturated/α-hetero) is 1. The van der Waals surface area contributed by atoms with E-state index in [4.69, 9.17) is 14.2 Å². The van der Waals surface area contributed by atoms with Crippen LogP contribution in [0, 0.1) is 11.8 Å². The Hall–Kier alpha value is -3.29.